The Labute approximate surface area is 159 Å². The molecule has 0 aromatic carbocycles. The van der Waals surface area contributed by atoms with Crippen molar-refractivity contribution in [2.45, 2.75) is 52.1 Å². The van der Waals surface area contributed by atoms with Crippen LogP contribution in [-0.2, 0) is 14.4 Å². The van der Waals surface area contributed by atoms with E-state index in [2.05, 4.69) is 0 Å². The molecule has 3 saturated carbocycles. The van der Waals surface area contributed by atoms with Crippen LogP contribution in [0.25, 0.3) is 0 Å². The molecule has 0 amide bonds. The molecule has 2 N–H and O–H groups in total. The number of carbonyl (C=O) groups is 3. The van der Waals surface area contributed by atoms with Crippen LogP contribution in [0, 0.1) is 34.5 Å². The number of aliphatic hydroxyl groups excluding tert-OH is 1. The van der Waals surface area contributed by atoms with Gasteiger partial charge >= 0.3 is 0 Å². The van der Waals surface area contributed by atoms with Crippen LogP contribution in [0.3, 0.4) is 0 Å². The number of allylic oxidation sites excluding steroid dienone is 4. The maximum atomic E-state index is 13.4. The molecule has 0 bridgehead atoms. The van der Waals surface area contributed by atoms with Gasteiger partial charge in [-0.1, -0.05) is 32.4 Å². The first-order valence-electron chi connectivity index (χ1n) is 9.93. The third kappa shape index (κ3) is 2.16. The summed E-state index contributed by atoms with van der Waals surface area (Å²) in [5, 5.41) is 20.8. The molecule has 4 rings (SSSR count). The van der Waals surface area contributed by atoms with Gasteiger partial charge in [-0.05, 0) is 49.2 Å². The van der Waals surface area contributed by atoms with Crippen LogP contribution >= 0.6 is 0 Å². The van der Waals surface area contributed by atoms with Crippen molar-refractivity contribution in [2.24, 2.45) is 34.5 Å². The van der Waals surface area contributed by atoms with Crippen molar-refractivity contribution >= 4 is 17.3 Å². The Morgan fingerprint density at radius 1 is 1.30 bits per heavy atom. The highest BCUT2D eigenvalue weighted by Crippen LogP contribution is 2.67. The lowest BCUT2D eigenvalue weighted by Crippen LogP contribution is -2.61. The molecule has 5 heteroatoms. The average molecular weight is 372 g/mol. The molecule has 7 atom stereocenters. The second-order valence-corrected chi connectivity index (χ2v) is 9.52. The summed E-state index contributed by atoms with van der Waals surface area (Å²) in [5.74, 6) is -0.947. The molecular weight excluding hydrogens is 344 g/mol. The van der Waals surface area contributed by atoms with Crippen molar-refractivity contribution in [2.75, 3.05) is 6.61 Å². The van der Waals surface area contributed by atoms with Gasteiger partial charge in [-0.15, -0.1) is 0 Å². The Hall–Kier alpha value is -1.59. The lowest BCUT2D eigenvalue weighted by atomic mass is 9.46. The SMILES string of the molecule is C[C@H]1CC2C3CCC4=CC(=O)C=CC4(C)C3C(=O)CC2(C)[C@@]1(O)C(=O)CO. The lowest BCUT2D eigenvalue weighted by molar-refractivity contribution is -0.173. The average Bonchev–Trinajstić information content (AvgIpc) is 2.82. The fourth-order valence-corrected chi connectivity index (χ4v) is 7.08. The van der Waals surface area contributed by atoms with E-state index in [0.29, 0.717) is 6.42 Å². The number of Topliss-reactive ketones (excluding diaryl/α,β-unsaturated/α-hetero) is 2. The van der Waals surface area contributed by atoms with Crippen molar-refractivity contribution in [3.63, 3.8) is 0 Å². The Morgan fingerprint density at radius 2 is 2.00 bits per heavy atom. The van der Waals surface area contributed by atoms with Crippen molar-refractivity contribution in [1.29, 1.82) is 0 Å². The van der Waals surface area contributed by atoms with Crippen LogP contribution in [0.4, 0.5) is 0 Å². The maximum absolute atomic E-state index is 13.4. The number of rotatable bonds is 2. The molecule has 0 spiro atoms. The highest BCUT2D eigenvalue weighted by Gasteiger charge is 2.70. The third-order valence-corrected chi connectivity index (χ3v) is 8.41. The summed E-state index contributed by atoms with van der Waals surface area (Å²) in [5.41, 5.74) is -1.94. The van der Waals surface area contributed by atoms with E-state index < -0.39 is 28.8 Å². The number of fused-ring (bicyclic) bond motifs is 5. The Bertz CT molecular complexity index is 795. The molecule has 5 unspecified atom stereocenters. The van der Waals surface area contributed by atoms with Crippen LogP contribution in [0.15, 0.2) is 23.8 Å². The van der Waals surface area contributed by atoms with Gasteiger partial charge in [0.25, 0.3) is 0 Å². The number of ketones is 3. The highest BCUT2D eigenvalue weighted by molar-refractivity contribution is 6.02. The topological polar surface area (TPSA) is 91.7 Å². The lowest BCUT2D eigenvalue weighted by Gasteiger charge is -2.56. The molecule has 5 nitrogen and oxygen atoms in total. The third-order valence-electron chi connectivity index (χ3n) is 8.41. The largest absolute Gasteiger partial charge is 0.388 e. The first kappa shape index (κ1) is 18.8. The Balaban J connectivity index is 1.79. The number of hydrogen-bond acceptors (Lipinski definition) is 5. The Morgan fingerprint density at radius 3 is 2.67 bits per heavy atom. The summed E-state index contributed by atoms with van der Waals surface area (Å²) in [6.07, 6.45) is 7.49. The minimum atomic E-state index is -1.66. The fraction of sp³-hybridized carbons (Fsp3) is 0.682. The molecular formula is C22H28O5. The van der Waals surface area contributed by atoms with E-state index in [1.165, 1.54) is 0 Å². The van der Waals surface area contributed by atoms with Crippen LogP contribution in [0.2, 0.25) is 0 Å². The number of hydrogen-bond donors (Lipinski definition) is 2. The van der Waals surface area contributed by atoms with Crippen molar-refractivity contribution < 1.29 is 24.6 Å². The van der Waals surface area contributed by atoms with Gasteiger partial charge in [0.05, 0.1) is 0 Å². The summed E-state index contributed by atoms with van der Waals surface area (Å²) >= 11 is 0. The van der Waals surface area contributed by atoms with Crippen LogP contribution in [0.5, 0.6) is 0 Å². The van der Waals surface area contributed by atoms with Gasteiger partial charge in [-0.2, -0.15) is 0 Å². The maximum Gasteiger partial charge on any atom is 0.190 e. The summed E-state index contributed by atoms with van der Waals surface area (Å²) in [6.45, 7) is 5.05. The molecule has 0 saturated heterocycles. The number of carbonyl (C=O) groups excluding carboxylic acids is 3. The second-order valence-electron chi connectivity index (χ2n) is 9.52. The molecule has 4 aliphatic carbocycles. The van der Waals surface area contributed by atoms with E-state index in [0.717, 1.165) is 18.4 Å². The molecule has 4 aliphatic rings. The standard InChI is InChI=1S/C22H28O5/c1-12-8-16-15-5-4-13-9-14(24)6-7-20(13,2)19(15)17(25)10-21(16,3)22(12,27)18(26)11-23/h6-7,9,12,15-16,19,23,27H,4-5,8,10-11H2,1-3H3/t12-,15?,16?,19?,20?,21?,22-/m0/s1. The Kier molecular flexibility index (Phi) is 3.97. The van der Waals surface area contributed by atoms with E-state index in [1.807, 2.05) is 26.8 Å². The summed E-state index contributed by atoms with van der Waals surface area (Å²) < 4.78 is 0. The van der Waals surface area contributed by atoms with E-state index in [4.69, 9.17) is 0 Å². The molecule has 27 heavy (non-hydrogen) atoms. The van der Waals surface area contributed by atoms with E-state index in [1.54, 1.807) is 12.2 Å². The van der Waals surface area contributed by atoms with E-state index >= 15 is 0 Å². The highest BCUT2D eigenvalue weighted by atomic mass is 16.3. The van der Waals surface area contributed by atoms with E-state index in [-0.39, 0.29) is 41.7 Å². The minimum absolute atomic E-state index is 0.0218. The first-order chi connectivity index (χ1) is 12.6. The van der Waals surface area contributed by atoms with Crippen molar-refractivity contribution in [1.82, 2.24) is 0 Å². The fourth-order valence-electron chi connectivity index (χ4n) is 7.08. The normalized spacial score (nSPS) is 48.6. The molecule has 0 aliphatic heterocycles. The summed E-state index contributed by atoms with van der Waals surface area (Å²) in [7, 11) is 0. The van der Waals surface area contributed by atoms with Crippen LogP contribution in [-0.4, -0.2) is 39.8 Å². The van der Waals surface area contributed by atoms with Gasteiger partial charge in [-0.3, -0.25) is 14.4 Å². The zero-order valence-electron chi connectivity index (χ0n) is 16.2. The first-order valence-corrected chi connectivity index (χ1v) is 9.93. The van der Waals surface area contributed by atoms with E-state index in [9.17, 15) is 24.6 Å². The monoisotopic (exact) mass is 372 g/mol. The molecule has 0 heterocycles. The summed E-state index contributed by atoms with van der Waals surface area (Å²) in [4.78, 5) is 37.8. The quantitative estimate of drug-likeness (QED) is 0.774. The predicted molar refractivity (Wildman–Crippen MR) is 98.6 cm³/mol. The zero-order valence-corrected chi connectivity index (χ0v) is 16.2. The van der Waals surface area contributed by atoms with Crippen molar-refractivity contribution in [3.05, 3.63) is 23.8 Å². The molecule has 146 valence electrons. The predicted octanol–water partition coefficient (Wildman–Crippen LogP) is 2.01. The van der Waals surface area contributed by atoms with Crippen molar-refractivity contribution in [3.8, 4) is 0 Å². The van der Waals surface area contributed by atoms with Gasteiger partial charge in [0, 0.05) is 23.2 Å². The zero-order chi connectivity index (χ0) is 19.8. The summed E-state index contributed by atoms with van der Waals surface area (Å²) in [6, 6.07) is 0. The smallest absolute Gasteiger partial charge is 0.190 e. The van der Waals surface area contributed by atoms with Gasteiger partial charge in [0.1, 0.15) is 18.0 Å². The molecule has 0 aromatic heterocycles. The minimum Gasteiger partial charge on any atom is -0.388 e. The van der Waals surface area contributed by atoms with Gasteiger partial charge < -0.3 is 10.2 Å². The van der Waals surface area contributed by atoms with Gasteiger partial charge in [0.15, 0.2) is 11.6 Å². The molecule has 0 aromatic rings. The van der Waals surface area contributed by atoms with Crippen LogP contribution < -0.4 is 0 Å². The van der Waals surface area contributed by atoms with Crippen LogP contribution in [0.1, 0.15) is 46.5 Å². The van der Waals surface area contributed by atoms with Gasteiger partial charge in [0.2, 0.25) is 0 Å². The second kappa shape index (κ2) is 5.71. The number of aliphatic hydroxyl groups is 2. The molecule has 0 radical (unpaired) electrons. The molecule has 3 fully saturated rings. The van der Waals surface area contributed by atoms with Gasteiger partial charge in [-0.25, -0.2) is 0 Å².